The third-order valence-corrected chi connectivity index (χ3v) is 5.81. The molecule has 0 aromatic heterocycles. The van der Waals surface area contributed by atoms with E-state index in [1.807, 2.05) is 18.2 Å². The van der Waals surface area contributed by atoms with E-state index >= 15 is 0 Å². The molecule has 1 amide bonds. The van der Waals surface area contributed by atoms with Crippen molar-refractivity contribution in [2.24, 2.45) is 0 Å². The van der Waals surface area contributed by atoms with Gasteiger partial charge in [0.1, 0.15) is 16.5 Å². The zero-order valence-electron chi connectivity index (χ0n) is 16.3. The van der Waals surface area contributed by atoms with Crippen molar-refractivity contribution in [2.45, 2.75) is 18.0 Å². The van der Waals surface area contributed by atoms with Gasteiger partial charge in [0.2, 0.25) is 10.0 Å². The van der Waals surface area contributed by atoms with Gasteiger partial charge >= 0.3 is 0 Å². The van der Waals surface area contributed by atoms with Crippen molar-refractivity contribution in [1.29, 1.82) is 0 Å². The Morgan fingerprint density at radius 3 is 2.27 bits per heavy atom. The van der Waals surface area contributed by atoms with Gasteiger partial charge in [0, 0.05) is 18.7 Å². The maximum atomic E-state index is 13.0. The third-order valence-electron chi connectivity index (χ3n) is 4.39. The molecule has 0 heterocycles. The highest BCUT2D eigenvalue weighted by Gasteiger charge is 2.21. The van der Waals surface area contributed by atoms with E-state index in [0.717, 1.165) is 11.1 Å². The van der Waals surface area contributed by atoms with E-state index in [9.17, 15) is 17.6 Å². The molecular weight excluding hydrogens is 407 g/mol. The molecule has 0 unspecified atom stereocenters. The van der Waals surface area contributed by atoms with Gasteiger partial charge in [-0.15, -0.1) is 0 Å². The van der Waals surface area contributed by atoms with Crippen molar-refractivity contribution in [1.82, 2.24) is 10.0 Å². The van der Waals surface area contributed by atoms with E-state index in [1.54, 1.807) is 24.3 Å². The van der Waals surface area contributed by atoms with Crippen molar-refractivity contribution in [3.63, 3.8) is 0 Å². The van der Waals surface area contributed by atoms with Gasteiger partial charge in [-0.25, -0.2) is 17.5 Å². The molecule has 0 saturated heterocycles. The van der Waals surface area contributed by atoms with Crippen LogP contribution in [0.4, 0.5) is 4.39 Å². The predicted molar refractivity (Wildman–Crippen MR) is 111 cm³/mol. The van der Waals surface area contributed by atoms with Crippen LogP contribution in [0, 0.1) is 5.82 Å². The van der Waals surface area contributed by atoms with Crippen LogP contribution in [0.2, 0.25) is 0 Å². The summed E-state index contributed by atoms with van der Waals surface area (Å²) >= 11 is 0. The topological polar surface area (TPSA) is 84.5 Å². The third kappa shape index (κ3) is 5.43. The Kier molecular flexibility index (Phi) is 6.81. The maximum absolute atomic E-state index is 13.0. The van der Waals surface area contributed by atoms with Gasteiger partial charge in [0.05, 0.1) is 7.11 Å². The highest BCUT2D eigenvalue weighted by Crippen LogP contribution is 2.25. The van der Waals surface area contributed by atoms with E-state index in [0.29, 0.717) is 0 Å². The zero-order valence-corrected chi connectivity index (χ0v) is 17.1. The van der Waals surface area contributed by atoms with Gasteiger partial charge < -0.3 is 10.1 Å². The van der Waals surface area contributed by atoms with E-state index in [1.165, 1.54) is 37.4 Å². The van der Waals surface area contributed by atoms with Gasteiger partial charge in [-0.05, 0) is 41.5 Å². The zero-order chi connectivity index (χ0) is 21.6. The van der Waals surface area contributed by atoms with E-state index < -0.39 is 15.9 Å². The van der Waals surface area contributed by atoms with Crippen molar-refractivity contribution in [3.05, 3.63) is 95.3 Å². The average Bonchev–Trinajstić information content (AvgIpc) is 2.77. The molecule has 3 aromatic rings. The molecule has 0 bridgehead atoms. The predicted octanol–water partition coefficient (Wildman–Crippen LogP) is 3.24. The molecule has 30 heavy (non-hydrogen) atoms. The van der Waals surface area contributed by atoms with Gasteiger partial charge in [-0.3, -0.25) is 4.79 Å². The highest BCUT2D eigenvalue weighted by molar-refractivity contribution is 7.89. The normalized spacial score (nSPS) is 11.1. The Morgan fingerprint density at radius 1 is 0.933 bits per heavy atom. The monoisotopic (exact) mass is 428 g/mol. The highest BCUT2D eigenvalue weighted by atomic mass is 32.2. The molecule has 2 N–H and O–H groups in total. The minimum atomic E-state index is -3.93. The van der Waals surface area contributed by atoms with Crippen LogP contribution in [0.15, 0.2) is 77.7 Å². The molecule has 0 spiro atoms. The van der Waals surface area contributed by atoms with Gasteiger partial charge in [0.15, 0.2) is 0 Å². The van der Waals surface area contributed by atoms with Crippen LogP contribution >= 0.6 is 0 Å². The molecule has 8 heteroatoms. The molecule has 0 aliphatic heterocycles. The number of rotatable bonds is 8. The SMILES string of the molecule is COc1ccc(C(=O)NCc2ccc(F)cc2)cc1S(=O)(=O)NCc1ccccc1. The van der Waals surface area contributed by atoms with E-state index in [2.05, 4.69) is 10.0 Å². The summed E-state index contributed by atoms with van der Waals surface area (Å²) in [6.45, 7) is 0.285. The quantitative estimate of drug-likeness (QED) is 0.577. The summed E-state index contributed by atoms with van der Waals surface area (Å²) in [7, 11) is -2.56. The van der Waals surface area contributed by atoms with Gasteiger partial charge in [0.25, 0.3) is 5.91 Å². The molecule has 3 rings (SSSR count). The first-order chi connectivity index (χ1) is 14.4. The number of nitrogens with one attached hydrogen (secondary N) is 2. The Bertz CT molecular complexity index is 1120. The summed E-state index contributed by atoms with van der Waals surface area (Å²) in [6.07, 6.45) is 0. The number of halogens is 1. The lowest BCUT2D eigenvalue weighted by atomic mass is 10.2. The lowest BCUT2D eigenvalue weighted by Crippen LogP contribution is -2.26. The van der Waals surface area contributed by atoms with Crippen molar-refractivity contribution in [3.8, 4) is 5.75 Å². The smallest absolute Gasteiger partial charge is 0.251 e. The molecule has 156 valence electrons. The molecule has 0 aliphatic rings. The Hall–Kier alpha value is -3.23. The molecule has 0 fully saturated rings. The first-order valence-corrected chi connectivity index (χ1v) is 10.6. The first-order valence-electron chi connectivity index (χ1n) is 9.13. The number of hydrogen-bond donors (Lipinski definition) is 2. The van der Waals surface area contributed by atoms with Crippen LogP contribution < -0.4 is 14.8 Å². The number of methoxy groups -OCH3 is 1. The van der Waals surface area contributed by atoms with Gasteiger partial charge in [-0.1, -0.05) is 42.5 Å². The Morgan fingerprint density at radius 2 is 1.60 bits per heavy atom. The number of sulfonamides is 1. The number of amides is 1. The summed E-state index contributed by atoms with van der Waals surface area (Å²) in [5.41, 5.74) is 1.68. The molecule has 0 aliphatic carbocycles. The summed E-state index contributed by atoms with van der Waals surface area (Å²) in [5, 5.41) is 2.69. The summed E-state index contributed by atoms with van der Waals surface area (Å²) < 4.78 is 46.3. The van der Waals surface area contributed by atoms with E-state index in [-0.39, 0.29) is 35.1 Å². The number of carbonyl (C=O) groups excluding carboxylic acids is 1. The van der Waals surface area contributed by atoms with Crippen molar-refractivity contribution >= 4 is 15.9 Å². The summed E-state index contributed by atoms with van der Waals surface area (Å²) in [6, 6.07) is 19.0. The number of hydrogen-bond acceptors (Lipinski definition) is 4. The summed E-state index contributed by atoms with van der Waals surface area (Å²) in [5.74, 6) is -0.690. The molecule has 0 atom stereocenters. The lowest BCUT2D eigenvalue weighted by molar-refractivity contribution is 0.0950. The molecular formula is C22H21FN2O4S. The maximum Gasteiger partial charge on any atom is 0.251 e. The van der Waals surface area contributed by atoms with Crippen LogP contribution in [0.3, 0.4) is 0 Å². The van der Waals surface area contributed by atoms with Gasteiger partial charge in [-0.2, -0.15) is 0 Å². The Labute approximate surface area is 174 Å². The minimum absolute atomic E-state index is 0.104. The van der Waals surface area contributed by atoms with E-state index in [4.69, 9.17) is 4.74 Å². The van der Waals surface area contributed by atoms with Crippen LogP contribution in [0.25, 0.3) is 0 Å². The average molecular weight is 428 g/mol. The number of carbonyl (C=O) groups is 1. The van der Waals surface area contributed by atoms with Crippen LogP contribution in [-0.4, -0.2) is 21.4 Å². The molecule has 0 radical (unpaired) electrons. The second-order valence-electron chi connectivity index (χ2n) is 6.48. The fourth-order valence-corrected chi connectivity index (χ4v) is 3.98. The molecule has 6 nitrogen and oxygen atoms in total. The molecule has 3 aromatic carbocycles. The fraction of sp³-hybridized carbons (Fsp3) is 0.136. The fourth-order valence-electron chi connectivity index (χ4n) is 2.77. The second kappa shape index (κ2) is 9.51. The molecule has 0 saturated carbocycles. The van der Waals surface area contributed by atoms with Crippen LogP contribution in [0.1, 0.15) is 21.5 Å². The Balaban J connectivity index is 1.76. The minimum Gasteiger partial charge on any atom is -0.495 e. The van der Waals surface area contributed by atoms with Crippen LogP contribution in [-0.2, 0) is 23.1 Å². The lowest BCUT2D eigenvalue weighted by Gasteiger charge is -2.13. The second-order valence-corrected chi connectivity index (χ2v) is 8.22. The van der Waals surface area contributed by atoms with Crippen molar-refractivity contribution < 1.29 is 22.3 Å². The van der Waals surface area contributed by atoms with Crippen LogP contribution in [0.5, 0.6) is 5.75 Å². The number of ether oxygens (including phenoxy) is 1. The summed E-state index contributed by atoms with van der Waals surface area (Å²) in [4.78, 5) is 12.4. The standard InChI is InChI=1S/C22H21FN2O4S/c1-29-20-12-9-18(22(26)24-14-17-7-10-19(23)11-8-17)13-21(20)30(27,28)25-15-16-5-3-2-4-6-16/h2-13,25H,14-15H2,1H3,(H,24,26). The number of benzene rings is 3. The largest absolute Gasteiger partial charge is 0.495 e. The first kappa shape index (κ1) is 21.5. The van der Waals surface area contributed by atoms with Crippen molar-refractivity contribution in [2.75, 3.05) is 7.11 Å².